The summed E-state index contributed by atoms with van der Waals surface area (Å²) in [4.78, 5) is 11.4. The van der Waals surface area contributed by atoms with Gasteiger partial charge in [-0.3, -0.25) is 4.79 Å². The summed E-state index contributed by atoms with van der Waals surface area (Å²) >= 11 is 0. The second kappa shape index (κ2) is 8.50. The van der Waals surface area contributed by atoms with Crippen LogP contribution in [0.4, 0.5) is 0 Å². The van der Waals surface area contributed by atoms with Crippen LogP contribution in [0.5, 0.6) is 17.2 Å². The number of amides is 1. The predicted molar refractivity (Wildman–Crippen MR) is 78.8 cm³/mol. The summed E-state index contributed by atoms with van der Waals surface area (Å²) in [5.41, 5.74) is 6.31. The maximum atomic E-state index is 11.4. The number of carbonyl (C=O) groups excluding carboxylic acids is 1. The Kier molecular flexibility index (Phi) is 7.79. The molecule has 0 aliphatic carbocycles. The minimum absolute atomic E-state index is 0. The van der Waals surface area contributed by atoms with Gasteiger partial charge in [-0.2, -0.15) is 0 Å². The molecule has 6 nitrogen and oxygen atoms in total. The lowest BCUT2D eigenvalue weighted by Crippen LogP contribution is -2.37. The third-order valence-electron chi connectivity index (χ3n) is 2.60. The van der Waals surface area contributed by atoms with Gasteiger partial charge < -0.3 is 25.3 Å². The molecule has 0 fully saturated rings. The lowest BCUT2D eigenvalue weighted by molar-refractivity contribution is -0.122. The van der Waals surface area contributed by atoms with Gasteiger partial charge in [0.1, 0.15) is 0 Å². The molecule has 0 unspecified atom stereocenters. The first-order chi connectivity index (χ1) is 9.03. The molecule has 1 atom stereocenters. The minimum atomic E-state index is -0.540. The summed E-state index contributed by atoms with van der Waals surface area (Å²) in [6, 6.07) is 3.02. The molecule has 20 heavy (non-hydrogen) atoms. The van der Waals surface area contributed by atoms with E-state index in [1.54, 1.807) is 33.3 Å². The monoisotopic (exact) mass is 304 g/mol. The molecule has 0 radical (unpaired) electrons. The van der Waals surface area contributed by atoms with Crippen molar-refractivity contribution in [2.45, 2.75) is 19.5 Å². The van der Waals surface area contributed by atoms with Crippen LogP contribution in [0.2, 0.25) is 0 Å². The van der Waals surface area contributed by atoms with Crippen LogP contribution in [-0.2, 0) is 11.3 Å². The summed E-state index contributed by atoms with van der Waals surface area (Å²) in [6.07, 6.45) is 0. The zero-order valence-electron chi connectivity index (χ0n) is 12.1. The largest absolute Gasteiger partial charge is 0.493 e. The number of hydrogen-bond acceptors (Lipinski definition) is 5. The Morgan fingerprint density at radius 3 is 2.05 bits per heavy atom. The van der Waals surface area contributed by atoms with Crippen LogP contribution < -0.4 is 25.3 Å². The van der Waals surface area contributed by atoms with Crippen molar-refractivity contribution in [1.29, 1.82) is 0 Å². The van der Waals surface area contributed by atoms with Crippen LogP contribution in [0.25, 0.3) is 0 Å². The van der Waals surface area contributed by atoms with Gasteiger partial charge in [0.25, 0.3) is 0 Å². The smallest absolute Gasteiger partial charge is 0.236 e. The fourth-order valence-corrected chi connectivity index (χ4v) is 1.59. The molecule has 3 N–H and O–H groups in total. The van der Waals surface area contributed by atoms with E-state index in [1.165, 1.54) is 7.11 Å². The van der Waals surface area contributed by atoms with Crippen LogP contribution in [-0.4, -0.2) is 33.3 Å². The maximum Gasteiger partial charge on any atom is 0.236 e. The van der Waals surface area contributed by atoms with Crippen molar-refractivity contribution >= 4 is 18.3 Å². The Balaban J connectivity index is 0.00000361. The number of halogens is 1. The SMILES string of the molecule is COc1cc(CNC(=O)[C@H](C)N)cc(OC)c1OC.Cl. The predicted octanol–water partition coefficient (Wildman–Crippen LogP) is 1.10. The van der Waals surface area contributed by atoms with Gasteiger partial charge in [0, 0.05) is 6.54 Å². The molecule has 0 aliphatic rings. The topological polar surface area (TPSA) is 82.8 Å². The first kappa shape index (κ1) is 18.3. The molecule has 0 spiro atoms. The van der Waals surface area contributed by atoms with Gasteiger partial charge in [-0.1, -0.05) is 0 Å². The van der Waals surface area contributed by atoms with Gasteiger partial charge in [-0.05, 0) is 24.6 Å². The Bertz CT molecular complexity index is 427. The minimum Gasteiger partial charge on any atom is -0.493 e. The number of ether oxygens (including phenoxy) is 3. The van der Waals surface area contributed by atoms with Gasteiger partial charge in [-0.15, -0.1) is 12.4 Å². The second-order valence-electron chi connectivity index (χ2n) is 4.04. The standard InChI is InChI=1S/C13H20N2O4.ClH/c1-8(14)13(16)15-7-9-5-10(17-2)12(19-4)11(6-9)18-3;/h5-6,8H,7,14H2,1-4H3,(H,15,16);1H/t8-;/m0./s1. The number of nitrogens with one attached hydrogen (secondary N) is 1. The lowest BCUT2D eigenvalue weighted by Gasteiger charge is -2.14. The van der Waals surface area contributed by atoms with E-state index in [2.05, 4.69) is 5.32 Å². The normalized spacial score (nSPS) is 11.1. The van der Waals surface area contributed by atoms with E-state index in [0.29, 0.717) is 23.8 Å². The summed E-state index contributed by atoms with van der Waals surface area (Å²) in [5, 5.41) is 2.72. The molecule has 114 valence electrons. The molecular formula is C13H21ClN2O4. The van der Waals surface area contributed by atoms with Crippen LogP contribution in [0, 0.1) is 0 Å². The average molecular weight is 305 g/mol. The van der Waals surface area contributed by atoms with E-state index < -0.39 is 6.04 Å². The van der Waals surface area contributed by atoms with Crippen LogP contribution >= 0.6 is 12.4 Å². The van der Waals surface area contributed by atoms with Gasteiger partial charge in [0.15, 0.2) is 11.5 Å². The van der Waals surface area contributed by atoms with E-state index in [1.807, 2.05) is 0 Å². The molecule has 0 heterocycles. The van der Waals surface area contributed by atoms with Gasteiger partial charge in [0.05, 0.1) is 27.4 Å². The zero-order chi connectivity index (χ0) is 14.4. The highest BCUT2D eigenvalue weighted by Crippen LogP contribution is 2.38. The molecule has 0 saturated heterocycles. The third-order valence-corrected chi connectivity index (χ3v) is 2.60. The van der Waals surface area contributed by atoms with Gasteiger partial charge >= 0.3 is 0 Å². The summed E-state index contributed by atoms with van der Waals surface area (Å²) in [5.74, 6) is 1.40. The fourth-order valence-electron chi connectivity index (χ4n) is 1.59. The van der Waals surface area contributed by atoms with E-state index >= 15 is 0 Å². The van der Waals surface area contributed by atoms with Crippen LogP contribution in [0.1, 0.15) is 12.5 Å². The highest BCUT2D eigenvalue weighted by Gasteiger charge is 2.14. The van der Waals surface area contributed by atoms with Crippen LogP contribution in [0.15, 0.2) is 12.1 Å². The Morgan fingerprint density at radius 2 is 1.70 bits per heavy atom. The van der Waals surface area contributed by atoms with Crippen molar-refractivity contribution in [3.8, 4) is 17.2 Å². The van der Waals surface area contributed by atoms with E-state index in [9.17, 15) is 4.79 Å². The Morgan fingerprint density at radius 1 is 1.20 bits per heavy atom. The number of methoxy groups -OCH3 is 3. The van der Waals surface area contributed by atoms with Crippen molar-refractivity contribution in [2.24, 2.45) is 5.73 Å². The zero-order valence-corrected chi connectivity index (χ0v) is 12.9. The van der Waals surface area contributed by atoms with Crippen molar-refractivity contribution in [3.05, 3.63) is 17.7 Å². The molecule has 0 aliphatic heterocycles. The Labute approximate surface area is 125 Å². The highest BCUT2D eigenvalue weighted by atomic mass is 35.5. The number of carbonyl (C=O) groups is 1. The van der Waals surface area contributed by atoms with Crippen molar-refractivity contribution in [1.82, 2.24) is 5.32 Å². The molecule has 0 bridgehead atoms. The quantitative estimate of drug-likeness (QED) is 0.822. The molecule has 0 saturated carbocycles. The maximum absolute atomic E-state index is 11.4. The molecule has 1 rings (SSSR count). The lowest BCUT2D eigenvalue weighted by atomic mass is 10.1. The van der Waals surface area contributed by atoms with Crippen molar-refractivity contribution in [2.75, 3.05) is 21.3 Å². The summed E-state index contributed by atoms with van der Waals surface area (Å²) < 4.78 is 15.7. The number of nitrogens with two attached hydrogens (primary N) is 1. The number of hydrogen-bond donors (Lipinski definition) is 2. The van der Waals surface area contributed by atoms with Crippen molar-refractivity contribution in [3.63, 3.8) is 0 Å². The third kappa shape index (κ3) is 4.47. The van der Waals surface area contributed by atoms with E-state index in [-0.39, 0.29) is 18.3 Å². The molecule has 7 heteroatoms. The second-order valence-corrected chi connectivity index (χ2v) is 4.04. The van der Waals surface area contributed by atoms with E-state index in [0.717, 1.165) is 5.56 Å². The molecular weight excluding hydrogens is 284 g/mol. The first-order valence-corrected chi connectivity index (χ1v) is 5.85. The molecule has 1 aromatic carbocycles. The van der Waals surface area contributed by atoms with Gasteiger partial charge in [0.2, 0.25) is 11.7 Å². The summed E-state index contributed by atoms with van der Waals surface area (Å²) in [7, 11) is 4.63. The van der Waals surface area contributed by atoms with Crippen LogP contribution in [0.3, 0.4) is 0 Å². The van der Waals surface area contributed by atoms with E-state index in [4.69, 9.17) is 19.9 Å². The number of benzene rings is 1. The first-order valence-electron chi connectivity index (χ1n) is 5.85. The number of rotatable bonds is 6. The fraction of sp³-hybridized carbons (Fsp3) is 0.462. The average Bonchev–Trinajstić information content (AvgIpc) is 2.42. The molecule has 1 amide bonds. The molecule has 0 aromatic heterocycles. The molecule has 1 aromatic rings. The van der Waals surface area contributed by atoms with Crippen molar-refractivity contribution < 1.29 is 19.0 Å². The highest BCUT2D eigenvalue weighted by molar-refractivity contribution is 5.85. The Hall–Kier alpha value is -1.66. The summed E-state index contributed by atoms with van der Waals surface area (Å²) in [6.45, 7) is 1.97. The van der Waals surface area contributed by atoms with Gasteiger partial charge in [-0.25, -0.2) is 0 Å².